The second kappa shape index (κ2) is 12.4. The summed E-state index contributed by atoms with van der Waals surface area (Å²) < 4.78 is 10.1. The molecule has 0 amide bonds. The highest BCUT2D eigenvalue weighted by molar-refractivity contribution is 6.35. The van der Waals surface area contributed by atoms with Crippen LogP contribution in [-0.2, 0) is 0 Å². The predicted molar refractivity (Wildman–Crippen MR) is 323 cm³/mol. The smallest absolute Gasteiger partial charge is 0.0620 e. The fourth-order valence-electron chi connectivity index (χ4n) is 15.5. The van der Waals surface area contributed by atoms with Crippen molar-refractivity contribution in [3.8, 4) is 11.1 Å². The van der Waals surface area contributed by atoms with Crippen LogP contribution in [0.5, 0.6) is 0 Å². The maximum atomic E-state index is 2.56. The highest BCUT2D eigenvalue weighted by Gasteiger charge is 2.26. The van der Waals surface area contributed by atoms with Gasteiger partial charge in [-0.25, -0.2) is 0 Å². The molecule has 13 aromatic carbocycles. The van der Waals surface area contributed by atoms with Crippen LogP contribution in [0.3, 0.4) is 0 Å². The summed E-state index contributed by atoms with van der Waals surface area (Å²) in [6.45, 7) is 0. The Bertz CT molecular complexity index is 6260. The molecule has 0 N–H and O–H groups in total. The van der Waals surface area contributed by atoms with Crippen LogP contribution in [0.25, 0.3) is 196 Å². The van der Waals surface area contributed by atoms with Crippen LogP contribution in [0, 0.1) is 0 Å². The lowest BCUT2D eigenvalue weighted by Gasteiger charge is -2.08. The van der Waals surface area contributed by atoms with Crippen molar-refractivity contribution in [2.75, 3.05) is 0 Å². The molecule has 0 atom stereocenters. The van der Waals surface area contributed by atoms with Gasteiger partial charge in [-0.2, -0.15) is 0 Å². The molecule has 0 saturated heterocycles. The lowest BCUT2D eigenvalue weighted by molar-refractivity contribution is 1.37. The monoisotopic (exact) mass is 956 g/mol. The Morgan fingerprint density at radius 1 is 0.171 bits per heavy atom. The van der Waals surface area contributed by atoms with E-state index in [4.69, 9.17) is 0 Å². The number of hydrogen-bond acceptors (Lipinski definition) is 0. The Balaban J connectivity index is 0.770. The molecule has 0 bridgehead atoms. The lowest BCUT2D eigenvalue weighted by atomic mass is 9.97. The largest absolute Gasteiger partial charge is 0.308 e. The molecule has 0 fully saturated rings. The Morgan fingerprint density at radius 2 is 0.539 bits per heavy atom. The molecule has 4 nitrogen and oxygen atoms in total. The van der Waals surface area contributed by atoms with Crippen molar-refractivity contribution in [3.63, 3.8) is 0 Å². The molecular formula is C72H36N4. The van der Waals surface area contributed by atoms with Gasteiger partial charge in [0.25, 0.3) is 0 Å². The summed E-state index contributed by atoms with van der Waals surface area (Å²) in [4.78, 5) is 0. The Hall–Kier alpha value is -10.2. The summed E-state index contributed by atoms with van der Waals surface area (Å²) in [6.07, 6.45) is 0. The van der Waals surface area contributed by atoms with E-state index in [1.54, 1.807) is 0 Å². The number of aromatic nitrogens is 4. The first kappa shape index (κ1) is 37.6. The van der Waals surface area contributed by atoms with Gasteiger partial charge < -0.3 is 17.6 Å². The van der Waals surface area contributed by atoms with E-state index in [9.17, 15) is 0 Å². The van der Waals surface area contributed by atoms with E-state index in [0.29, 0.717) is 0 Å². The summed E-state index contributed by atoms with van der Waals surface area (Å²) >= 11 is 0. The summed E-state index contributed by atoms with van der Waals surface area (Å²) in [6, 6.07) is 83.5. The van der Waals surface area contributed by atoms with Crippen molar-refractivity contribution < 1.29 is 0 Å². The van der Waals surface area contributed by atoms with Crippen molar-refractivity contribution in [3.05, 3.63) is 218 Å². The first-order valence-electron chi connectivity index (χ1n) is 26.6. The van der Waals surface area contributed by atoms with Gasteiger partial charge in [-0.3, -0.25) is 0 Å². The zero-order valence-corrected chi connectivity index (χ0v) is 40.6. The Labute approximate surface area is 429 Å². The summed E-state index contributed by atoms with van der Waals surface area (Å²) in [5.41, 5.74) is 17.7. The fraction of sp³-hybridized carbons (Fsp3) is 0. The number of nitrogens with zero attached hydrogens (tertiary/aromatic N) is 4. The lowest BCUT2D eigenvalue weighted by Crippen LogP contribution is -1.86. The van der Waals surface area contributed by atoms with Crippen LogP contribution in [0.15, 0.2) is 218 Å². The molecule has 21 aromatic rings. The zero-order valence-electron chi connectivity index (χ0n) is 40.6. The molecule has 0 aliphatic heterocycles. The van der Waals surface area contributed by atoms with E-state index in [1.807, 2.05) is 0 Å². The first-order chi connectivity index (χ1) is 37.7. The average molecular weight is 957 g/mol. The van der Waals surface area contributed by atoms with Crippen molar-refractivity contribution in [1.82, 2.24) is 17.6 Å². The summed E-state index contributed by atoms with van der Waals surface area (Å²) in [7, 11) is 0. The molecule has 0 radical (unpaired) electrons. The molecular weight excluding hydrogens is 921 g/mol. The van der Waals surface area contributed by atoms with E-state index in [-0.39, 0.29) is 0 Å². The second-order valence-corrected chi connectivity index (χ2v) is 21.9. The third-order valence-electron chi connectivity index (χ3n) is 18.6. The average Bonchev–Trinajstić information content (AvgIpc) is 4.52. The third kappa shape index (κ3) is 4.10. The highest BCUT2D eigenvalue weighted by Crippen LogP contribution is 2.49. The maximum Gasteiger partial charge on any atom is 0.0620 e. The van der Waals surface area contributed by atoms with Crippen LogP contribution in [0.4, 0.5) is 0 Å². The van der Waals surface area contributed by atoms with Crippen molar-refractivity contribution in [1.29, 1.82) is 0 Å². The minimum Gasteiger partial charge on any atom is -0.308 e. The van der Waals surface area contributed by atoms with Gasteiger partial charge in [-0.05, 0) is 110 Å². The van der Waals surface area contributed by atoms with Gasteiger partial charge in [0.05, 0.1) is 66.2 Å². The number of rotatable bonds is 1. The molecule has 0 saturated carbocycles. The van der Waals surface area contributed by atoms with Gasteiger partial charge in [0.1, 0.15) is 0 Å². The molecule has 76 heavy (non-hydrogen) atoms. The normalized spacial score (nSPS) is 13.3. The van der Waals surface area contributed by atoms with Gasteiger partial charge in [-0.1, -0.05) is 152 Å². The van der Waals surface area contributed by atoms with Gasteiger partial charge >= 0.3 is 0 Å². The molecule has 8 aromatic heterocycles. The molecule has 0 unspecified atom stereocenters. The van der Waals surface area contributed by atoms with Crippen LogP contribution in [0.2, 0.25) is 0 Å². The summed E-state index contributed by atoms with van der Waals surface area (Å²) in [5.74, 6) is 0. The van der Waals surface area contributed by atoms with Gasteiger partial charge in [-0.15, -0.1) is 0 Å². The summed E-state index contributed by atoms with van der Waals surface area (Å²) in [5, 5.41) is 28.6. The molecule has 0 aliphatic carbocycles. The number of para-hydroxylation sites is 5. The van der Waals surface area contributed by atoms with Gasteiger partial charge in [0, 0.05) is 86.2 Å². The van der Waals surface area contributed by atoms with E-state index in [1.165, 1.54) is 196 Å². The van der Waals surface area contributed by atoms with Crippen LogP contribution >= 0.6 is 0 Å². The van der Waals surface area contributed by atoms with Crippen molar-refractivity contribution in [2.24, 2.45) is 0 Å². The number of fused-ring (bicyclic) bond motifs is 29. The van der Waals surface area contributed by atoms with Crippen LogP contribution in [0.1, 0.15) is 0 Å². The minimum absolute atomic E-state index is 1.22. The van der Waals surface area contributed by atoms with Crippen LogP contribution in [-0.4, -0.2) is 17.6 Å². The number of benzene rings is 13. The minimum atomic E-state index is 1.22. The topological polar surface area (TPSA) is 17.6 Å². The fourth-order valence-corrected chi connectivity index (χ4v) is 15.5. The van der Waals surface area contributed by atoms with E-state index < -0.39 is 0 Å². The van der Waals surface area contributed by atoms with E-state index in [2.05, 4.69) is 236 Å². The second-order valence-electron chi connectivity index (χ2n) is 21.9. The standard InChI is InChI=1S/C72H36N4/c1-2-10-38-32-63-55(30-37(38)9-1)49-14-5-16-51-57-36-66-58(35-65(57)75(63)69(49)51)52-17-6-15-50-56-31-40-22-21-39(29-42(40)34-64(56)76(66)70(50)52)41-23-24-44-48-13-8-19-54-68-46-25-27-60-67(45(46)26-28-61(68)74(72(48)54)62(44)33-41)53-18-7-12-47-43-11-3-4-20-59(43)73(60)71(47)53/h1-36H. The van der Waals surface area contributed by atoms with Gasteiger partial charge in [0.15, 0.2) is 0 Å². The third-order valence-corrected chi connectivity index (χ3v) is 18.6. The molecule has 0 spiro atoms. The van der Waals surface area contributed by atoms with Crippen LogP contribution < -0.4 is 0 Å². The molecule has 0 aliphatic rings. The molecule has 4 heteroatoms. The quantitative estimate of drug-likeness (QED) is 0.156. The SMILES string of the molecule is c1ccc2cc3c(cc2c1)c1cccc2c4cc5c(cc4n3c12)c1cccc2c3cc4ccc(-c6ccc7c8cccc9c%10c%11ccc%12c(c%11ccc%10n(c7c6)c89)c6cccc7c8ccccc8n%12c76)cc4cc3n5c21. The Morgan fingerprint density at radius 3 is 1.14 bits per heavy atom. The van der Waals surface area contributed by atoms with Gasteiger partial charge in [0.2, 0.25) is 0 Å². The van der Waals surface area contributed by atoms with Crippen molar-refractivity contribution in [2.45, 2.75) is 0 Å². The highest BCUT2D eigenvalue weighted by atomic mass is 14.9. The van der Waals surface area contributed by atoms with E-state index >= 15 is 0 Å². The first-order valence-corrected chi connectivity index (χ1v) is 26.6. The maximum absolute atomic E-state index is 2.56. The molecule has 344 valence electrons. The molecule has 8 heterocycles. The zero-order chi connectivity index (χ0) is 48.5. The number of hydrogen-bond donors (Lipinski definition) is 0. The van der Waals surface area contributed by atoms with Crippen molar-refractivity contribution >= 4 is 185 Å². The Kier molecular flexibility index (Phi) is 6.14. The predicted octanol–water partition coefficient (Wildman–Crippen LogP) is 19.4. The van der Waals surface area contributed by atoms with E-state index in [0.717, 1.165) is 0 Å². The molecule has 21 rings (SSSR count).